The summed E-state index contributed by atoms with van der Waals surface area (Å²) in [7, 11) is 0. The van der Waals surface area contributed by atoms with Gasteiger partial charge in [-0.2, -0.15) is 0 Å². The van der Waals surface area contributed by atoms with Gasteiger partial charge in [0.1, 0.15) is 0 Å². The van der Waals surface area contributed by atoms with Crippen LogP contribution in [0.1, 0.15) is 51.1 Å². The van der Waals surface area contributed by atoms with Crippen molar-refractivity contribution in [2.75, 3.05) is 0 Å². The Hall–Kier alpha value is -1.29. The molecule has 2 atom stereocenters. The molecular weight excluding hydrogens is 278 g/mol. The first-order valence-electron chi connectivity index (χ1n) is 7.03. The van der Waals surface area contributed by atoms with Crippen LogP contribution in [0.5, 0.6) is 5.75 Å². The molecule has 20 heavy (non-hydrogen) atoms. The smallest absolute Gasteiger partial charge is 0.306 e. The van der Waals surface area contributed by atoms with Crippen molar-refractivity contribution in [2.45, 2.75) is 51.6 Å². The van der Waals surface area contributed by atoms with Crippen LogP contribution in [0.2, 0.25) is 5.15 Å². The van der Waals surface area contributed by atoms with Crippen molar-refractivity contribution < 1.29 is 14.6 Å². The fourth-order valence-corrected chi connectivity index (χ4v) is 2.71. The average molecular weight is 298 g/mol. The number of aliphatic carboxylic acids is 1. The fraction of sp³-hybridized carbons (Fsp3) is 0.600. The molecule has 0 radical (unpaired) electrons. The second kappa shape index (κ2) is 6.44. The predicted molar refractivity (Wildman–Crippen MR) is 77.3 cm³/mol. The number of nitrogens with zero attached hydrogens (tertiary/aromatic N) is 1. The van der Waals surface area contributed by atoms with E-state index >= 15 is 0 Å². The van der Waals surface area contributed by atoms with Crippen LogP contribution in [0.25, 0.3) is 0 Å². The maximum Gasteiger partial charge on any atom is 0.306 e. The second-order valence-electron chi connectivity index (χ2n) is 5.62. The third kappa shape index (κ3) is 3.63. The van der Waals surface area contributed by atoms with Crippen molar-refractivity contribution in [1.29, 1.82) is 0 Å². The zero-order valence-corrected chi connectivity index (χ0v) is 12.6. The lowest BCUT2D eigenvalue weighted by Gasteiger charge is -2.27. The number of carbonyl (C=O) groups is 1. The lowest BCUT2D eigenvalue weighted by atomic mass is 9.87. The van der Waals surface area contributed by atoms with E-state index in [1.54, 1.807) is 0 Å². The minimum atomic E-state index is -0.738. The van der Waals surface area contributed by atoms with Gasteiger partial charge < -0.3 is 9.84 Å². The van der Waals surface area contributed by atoms with E-state index < -0.39 is 5.97 Å². The van der Waals surface area contributed by atoms with Gasteiger partial charge in [-0.15, -0.1) is 0 Å². The van der Waals surface area contributed by atoms with Gasteiger partial charge in [-0.1, -0.05) is 25.4 Å². The van der Waals surface area contributed by atoms with Crippen LogP contribution in [0.15, 0.2) is 12.1 Å². The highest BCUT2D eigenvalue weighted by Crippen LogP contribution is 2.31. The molecule has 0 amide bonds. The molecule has 2 rings (SSSR count). The molecule has 5 heteroatoms. The highest BCUT2D eigenvalue weighted by molar-refractivity contribution is 6.30. The van der Waals surface area contributed by atoms with Crippen molar-refractivity contribution in [3.8, 4) is 5.75 Å². The lowest BCUT2D eigenvalue weighted by Crippen LogP contribution is -2.29. The first-order chi connectivity index (χ1) is 9.47. The zero-order chi connectivity index (χ0) is 14.7. The Morgan fingerprint density at radius 1 is 1.45 bits per heavy atom. The van der Waals surface area contributed by atoms with Gasteiger partial charge in [0.05, 0.1) is 12.0 Å². The minimum absolute atomic E-state index is 0.0888. The molecule has 1 fully saturated rings. The monoisotopic (exact) mass is 297 g/mol. The molecule has 0 unspecified atom stereocenters. The average Bonchev–Trinajstić information content (AvgIpc) is 2.41. The number of rotatable bonds is 4. The second-order valence-corrected chi connectivity index (χ2v) is 5.98. The summed E-state index contributed by atoms with van der Waals surface area (Å²) in [6, 6.07) is 3.73. The maximum absolute atomic E-state index is 11.0. The Morgan fingerprint density at radius 2 is 2.20 bits per heavy atom. The summed E-state index contributed by atoms with van der Waals surface area (Å²) in [5.74, 6) is -0.187. The quantitative estimate of drug-likeness (QED) is 0.857. The Bertz CT molecular complexity index is 490. The molecule has 110 valence electrons. The fourth-order valence-electron chi connectivity index (χ4n) is 2.50. The van der Waals surface area contributed by atoms with Crippen molar-refractivity contribution in [1.82, 2.24) is 4.98 Å². The summed E-state index contributed by atoms with van der Waals surface area (Å²) in [4.78, 5) is 15.4. The molecule has 0 spiro atoms. The molecule has 1 N–H and O–H groups in total. The van der Waals surface area contributed by atoms with Crippen molar-refractivity contribution in [3.05, 3.63) is 23.0 Å². The molecule has 0 aromatic carbocycles. The highest BCUT2D eigenvalue weighted by Gasteiger charge is 2.28. The van der Waals surface area contributed by atoms with E-state index in [9.17, 15) is 4.79 Å². The van der Waals surface area contributed by atoms with Gasteiger partial charge in [0.25, 0.3) is 0 Å². The first kappa shape index (κ1) is 15.1. The summed E-state index contributed by atoms with van der Waals surface area (Å²) in [5, 5.41) is 9.44. The van der Waals surface area contributed by atoms with Crippen molar-refractivity contribution >= 4 is 17.6 Å². The number of hydrogen-bond donors (Lipinski definition) is 1. The van der Waals surface area contributed by atoms with Crippen LogP contribution in [0.4, 0.5) is 0 Å². The minimum Gasteiger partial charge on any atom is -0.487 e. The van der Waals surface area contributed by atoms with Crippen molar-refractivity contribution in [3.63, 3.8) is 0 Å². The Balaban J connectivity index is 2.04. The van der Waals surface area contributed by atoms with Gasteiger partial charge in [-0.25, -0.2) is 4.98 Å². The number of hydrogen-bond acceptors (Lipinski definition) is 3. The zero-order valence-electron chi connectivity index (χ0n) is 11.8. The van der Waals surface area contributed by atoms with E-state index in [2.05, 4.69) is 18.8 Å². The third-order valence-corrected chi connectivity index (χ3v) is 3.97. The molecule has 0 aliphatic heterocycles. The first-order valence-corrected chi connectivity index (χ1v) is 7.41. The van der Waals surface area contributed by atoms with E-state index in [-0.39, 0.29) is 12.0 Å². The molecule has 4 nitrogen and oxygen atoms in total. The summed E-state index contributed by atoms with van der Waals surface area (Å²) >= 11 is 6.14. The Morgan fingerprint density at radius 3 is 2.80 bits per heavy atom. The largest absolute Gasteiger partial charge is 0.487 e. The summed E-state index contributed by atoms with van der Waals surface area (Å²) < 4.78 is 5.84. The van der Waals surface area contributed by atoms with Crippen LogP contribution in [0, 0.1) is 5.92 Å². The van der Waals surface area contributed by atoms with Crippen molar-refractivity contribution in [2.24, 2.45) is 5.92 Å². The van der Waals surface area contributed by atoms with Crippen LogP contribution in [0.3, 0.4) is 0 Å². The van der Waals surface area contributed by atoms with Gasteiger partial charge in [0.15, 0.2) is 10.9 Å². The van der Waals surface area contributed by atoms with Gasteiger partial charge in [0, 0.05) is 5.69 Å². The van der Waals surface area contributed by atoms with E-state index in [0.29, 0.717) is 23.2 Å². The maximum atomic E-state index is 11.0. The number of aromatic nitrogens is 1. The van der Waals surface area contributed by atoms with Crippen LogP contribution in [-0.2, 0) is 4.79 Å². The third-order valence-electron chi connectivity index (χ3n) is 3.70. The van der Waals surface area contributed by atoms with Gasteiger partial charge >= 0.3 is 5.97 Å². The molecule has 0 saturated heterocycles. The van der Waals surface area contributed by atoms with E-state index in [4.69, 9.17) is 21.4 Å². The lowest BCUT2D eigenvalue weighted by molar-refractivity contribution is -0.143. The normalized spacial score (nSPS) is 22.8. The molecule has 1 aliphatic rings. The van der Waals surface area contributed by atoms with Gasteiger partial charge in [-0.05, 0) is 43.7 Å². The molecule has 1 aliphatic carbocycles. The molecule has 1 saturated carbocycles. The number of carboxylic acid groups (broad SMARTS) is 1. The standard InChI is InChI=1S/C15H20ClNO3/c1-9(2)12-6-7-13(14(16)17-12)20-11-5-3-4-10(8-11)15(18)19/h6-7,9-11H,3-5,8H2,1-2H3,(H,18,19)/t10-,11-/m0/s1. The molecular formula is C15H20ClNO3. The van der Waals surface area contributed by atoms with Gasteiger partial charge in [-0.3, -0.25) is 4.79 Å². The number of carboxylic acids is 1. The summed E-state index contributed by atoms with van der Waals surface area (Å²) in [5.41, 5.74) is 0.925. The van der Waals surface area contributed by atoms with E-state index in [1.807, 2.05) is 12.1 Å². The molecule has 1 aromatic heterocycles. The topological polar surface area (TPSA) is 59.4 Å². The Kier molecular flexibility index (Phi) is 4.86. The molecule has 0 bridgehead atoms. The molecule has 1 aromatic rings. The van der Waals surface area contributed by atoms with Crippen LogP contribution < -0.4 is 4.74 Å². The predicted octanol–water partition coefficient (Wildman–Crippen LogP) is 3.88. The highest BCUT2D eigenvalue weighted by atomic mass is 35.5. The number of ether oxygens (including phenoxy) is 1. The molecule has 1 heterocycles. The van der Waals surface area contributed by atoms with Crippen LogP contribution >= 0.6 is 11.6 Å². The van der Waals surface area contributed by atoms with E-state index in [1.165, 1.54) is 0 Å². The van der Waals surface area contributed by atoms with Crippen LogP contribution in [-0.4, -0.2) is 22.2 Å². The Labute approximate surface area is 124 Å². The SMILES string of the molecule is CC(C)c1ccc(O[C@H]2CCC[C@H](C(=O)O)C2)c(Cl)n1. The summed E-state index contributed by atoms with van der Waals surface area (Å²) in [6.45, 7) is 4.11. The van der Waals surface area contributed by atoms with E-state index in [0.717, 1.165) is 25.0 Å². The number of halogens is 1. The summed E-state index contributed by atoms with van der Waals surface area (Å²) in [6.07, 6.45) is 2.92. The number of pyridine rings is 1. The van der Waals surface area contributed by atoms with Gasteiger partial charge in [0.2, 0.25) is 0 Å².